The second-order valence-electron chi connectivity index (χ2n) is 6.85. The number of amides is 1. The average Bonchev–Trinajstić information content (AvgIpc) is 3.16. The molecule has 150 valence electrons. The predicted molar refractivity (Wildman–Crippen MR) is 119 cm³/mol. The van der Waals surface area contributed by atoms with E-state index in [1.807, 2.05) is 66.7 Å². The topological polar surface area (TPSA) is 67.2 Å². The molecular formula is C24H20ClN3O2. The minimum atomic E-state index is -0.576. The molecule has 0 bridgehead atoms. The summed E-state index contributed by atoms with van der Waals surface area (Å²) in [7, 11) is 0. The lowest BCUT2D eigenvalue weighted by Gasteiger charge is -2.11. The van der Waals surface area contributed by atoms with Crippen molar-refractivity contribution < 1.29 is 10.0 Å². The van der Waals surface area contributed by atoms with Gasteiger partial charge >= 0.3 is 0 Å². The largest absolute Gasteiger partial charge is 0.324 e. The number of hydroxylamine groups is 1. The van der Waals surface area contributed by atoms with Crippen LogP contribution in [-0.2, 0) is 17.8 Å². The molecule has 4 aromatic rings. The molecule has 0 radical (unpaired) electrons. The van der Waals surface area contributed by atoms with Gasteiger partial charge in [-0.05, 0) is 47.9 Å². The third-order valence-corrected chi connectivity index (χ3v) is 5.27. The van der Waals surface area contributed by atoms with E-state index in [1.165, 1.54) is 6.08 Å². The molecule has 0 aliphatic heterocycles. The maximum Gasteiger partial charge on any atom is 0.267 e. The molecule has 0 aliphatic carbocycles. The molecule has 1 heterocycles. The van der Waals surface area contributed by atoms with Crippen molar-refractivity contribution in [2.45, 2.75) is 13.0 Å². The lowest BCUT2D eigenvalue weighted by molar-refractivity contribution is -0.124. The Labute approximate surface area is 179 Å². The Hall–Kier alpha value is -3.41. The quantitative estimate of drug-likeness (QED) is 0.260. The van der Waals surface area contributed by atoms with Crippen LogP contribution in [0, 0.1) is 0 Å². The molecule has 0 unspecified atom stereocenters. The fraction of sp³-hybridized carbons (Fsp3) is 0.0833. The molecule has 2 N–H and O–H groups in total. The molecule has 0 aliphatic rings. The van der Waals surface area contributed by atoms with E-state index < -0.39 is 5.91 Å². The summed E-state index contributed by atoms with van der Waals surface area (Å²) in [6.45, 7) is 0.729. The molecule has 5 nitrogen and oxygen atoms in total. The summed E-state index contributed by atoms with van der Waals surface area (Å²) in [5, 5.41) is 9.42. The van der Waals surface area contributed by atoms with Crippen LogP contribution in [0.2, 0.25) is 5.02 Å². The standard InChI is InChI=1S/C24H20ClN3O2/c25-20-9-2-1-7-18(20)14-15-28-22-11-4-3-10-21(22)26-24(28)19-8-5-6-17(16-19)12-13-23(29)27-30/h1-13,16,30H,14-15H2,(H,27,29)/b13-12+. The van der Waals surface area contributed by atoms with Crippen molar-refractivity contribution >= 4 is 34.6 Å². The van der Waals surface area contributed by atoms with Crippen LogP contribution in [0.25, 0.3) is 28.5 Å². The van der Waals surface area contributed by atoms with E-state index in [2.05, 4.69) is 10.6 Å². The van der Waals surface area contributed by atoms with E-state index in [9.17, 15) is 4.79 Å². The first-order valence-corrected chi connectivity index (χ1v) is 9.95. The number of nitrogens with zero attached hydrogens (tertiary/aromatic N) is 2. The minimum absolute atomic E-state index is 0.576. The van der Waals surface area contributed by atoms with Gasteiger partial charge in [0, 0.05) is 23.2 Å². The van der Waals surface area contributed by atoms with Crippen LogP contribution in [-0.4, -0.2) is 20.7 Å². The van der Waals surface area contributed by atoms with Crippen LogP contribution in [0.4, 0.5) is 0 Å². The molecule has 1 amide bonds. The van der Waals surface area contributed by atoms with Crippen molar-refractivity contribution in [3.63, 3.8) is 0 Å². The first-order chi connectivity index (χ1) is 14.7. The summed E-state index contributed by atoms with van der Waals surface area (Å²) >= 11 is 6.35. The SMILES string of the molecule is O=C(/C=C/c1cccc(-c2nc3ccccc3n2CCc2ccccc2Cl)c1)NO. The Bertz CT molecular complexity index is 1230. The van der Waals surface area contributed by atoms with E-state index in [1.54, 1.807) is 11.6 Å². The van der Waals surface area contributed by atoms with E-state index >= 15 is 0 Å². The van der Waals surface area contributed by atoms with Crippen LogP contribution in [0.15, 0.2) is 78.9 Å². The average molecular weight is 418 g/mol. The highest BCUT2D eigenvalue weighted by Gasteiger charge is 2.13. The van der Waals surface area contributed by atoms with Crippen LogP contribution in [0.5, 0.6) is 0 Å². The van der Waals surface area contributed by atoms with Crippen molar-refractivity contribution in [3.05, 3.63) is 95.0 Å². The summed E-state index contributed by atoms with van der Waals surface area (Å²) < 4.78 is 2.20. The number of para-hydroxylation sites is 2. The molecule has 30 heavy (non-hydrogen) atoms. The van der Waals surface area contributed by atoms with Gasteiger partial charge in [0.25, 0.3) is 5.91 Å². The van der Waals surface area contributed by atoms with Crippen LogP contribution < -0.4 is 5.48 Å². The monoisotopic (exact) mass is 417 g/mol. The Morgan fingerprint density at radius 3 is 2.70 bits per heavy atom. The number of imidazole rings is 1. The second-order valence-corrected chi connectivity index (χ2v) is 7.26. The van der Waals surface area contributed by atoms with Crippen molar-refractivity contribution in [3.8, 4) is 11.4 Å². The highest BCUT2D eigenvalue weighted by atomic mass is 35.5. The van der Waals surface area contributed by atoms with E-state index in [0.717, 1.165) is 51.5 Å². The number of halogens is 1. The molecule has 0 atom stereocenters. The van der Waals surface area contributed by atoms with Gasteiger partial charge in [-0.15, -0.1) is 0 Å². The summed E-state index contributed by atoms with van der Waals surface area (Å²) in [5.74, 6) is 0.275. The maximum absolute atomic E-state index is 11.3. The number of rotatable bonds is 6. The molecular weight excluding hydrogens is 398 g/mol. The number of carbonyl (C=O) groups is 1. The molecule has 1 aromatic heterocycles. The number of aryl methyl sites for hydroxylation is 2. The van der Waals surface area contributed by atoms with Gasteiger partial charge in [-0.3, -0.25) is 10.0 Å². The molecule has 0 saturated carbocycles. The Morgan fingerprint density at radius 1 is 1.07 bits per heavy atom. The summed E-state index contributed by atoms with van der Waals surface area (Å²) in [4.78, 5) is 16.1. The van der Waals surface area contributed by atoms with Crippen molar-refractivity contribution in [1.82, 2.24) is 15.0 Å². The third-order valence-electron chi connectivity index (χ3n) is 4.90. The van der Waals surface area contributed by atoms with Gasteiger partial charge in [-0.25, -0.2) is 10.5 Å². The van der Waals surface area contributed by atoms with Gasteiger partial charge in [0.1, 0.15) is 5.82 Å². The zero-order chi connectivity index (χ0) is 20.9. The first-order valence-electron chi connectivity index (χ1n) is 9.57. The number of benzene rings is 3. The zero-order valence-electron chi connectivity index (χ0n) is 16.1. The zero-order valence-corrected chi connectivity index (χ0v) is 16.9. The highest BCUT2D eigenvalue weighted by Crippen LogP contribution is 2.27. The molecule has 0 fully saturated rings. The number of aromatic nitrogens is 2. The van der Waals surface area contributed by atoms with Crippen molar-refractivity contribution in [2.75, 3.05) is 0 Å². The summed E-state index contributed by atoms with van der Waals surface area (Å²) in [5.41, 5.74) is 6.44. The maximum atomic E-state index is 11.3. The fourth-order valence-corrected chi connectivity index (χ4v) is 3.68. The minimum Gasteiger partial charge on any atom is -0.324 e. The summed E-state index contributed by atoms with van der Waals surface area (Å²) in [6, 6.07) is 23.7. The number of carbonyl (C=O) groups excluding carboxylic acids is 1. The van der Waals surface area contributed by atoms with Crippen LogP contribution in [0.3, 0.4) is 0 Å². The molecule has 3 aromatic carbocycles. The lowest BCUT2D eigenvalue weighted by Crippen LogP contribution is -2.14. The van der Waals surface area contributed by atoms with Crippen LogP contribution >= 0.6 is 11.6 Å². The molecule has 4 rings (SSSR count). The number of hydrogen-bond donors (Lipinski definition) is 2. The normalized spacial score (nSPS) is 11.3. The third kappa shape index (κ3) is 4.27. The van der Waals surface area contributed by atoms with Crippen molar-refractivity contribution in [2.24, 2.45) is 0 Å². The number of nitrogens with one attached hydrogen (secondary N) is 1. The Morgan fingerprint density at radius 2 is 1.87 bits per heavy atom. The van der Waals surface area contributed by atoms with Gasteiger partial charge in [-0.2, -0.15) is 0 Å². The Balaban J connectivity index is 1.72. The fourth-order valence-electron chi connectivity index (χ4n) is 3.45. The molecule has 0 saturated heterocycles. The molecule has 6 heteroatoms. The second kappa shape index (κ2) is 8.95. The molecule has 0 spiro atoms. The highest BCUT2D eigenvalue weighted by molar-refractivity contribution is 6.31. The van der Waals surface area contributed by atoms with Gasteiger partial charge < -0.3 is 4.57 Å². The van der Waals surface area contributed by atoms with Gasteiger partial charge in [0.2, 0.25) is 0 Å². The summed E-state index contributed by atoms with van der Waals surface area (Å²) in [6.07, 6.45) is 3.70. The first kappa shape index (κ1) is 19.9. The Kier molecular flexibility index (Phi) is 5.93. The van der Waals surface area contributed by atoms with E-state index in [0.29, 0.717) is 0 Å². The number of hydrogen-bond acceptors (Lipinski definition) is 3. The predicted octanol–water partition coefficient (Wildman–Crippen LogP) is 5.12. The van der Waals surface area contributed by atoms with Crippen LogP contribution in [0.1, 0.15) is 11.1 Å². The lowest BCUT2D eigenvalue weighted by atomic mass is 10.1. The van der Waals surface area contributed by atoms with Crippen molar-refractivity contribution in [1.29, 1.82) is 0 Å². The van der Waals surface area contributed by atoms with Gasteiger partial charge in [0.05, 0.1) is 11.0 Å². The van der Waals surface area contributed by atoms with Gasteiger partial charge in [0.15, 0.2) is 0 Å². The number of fused-ring (bicyclic) bond motifs is 1. The smallest absolute Gasteiger partial charge is 0.267 e. The van der Waals surface area contributed by atoms with E-state index in [4.69, 9.17) is 21.8 Å². The van der Waals surface area contributed by atoms with Gasteiger partial charge in [-0.1, -0.05) is 60.1 Å². The van der Waals surface area contributed by atoms with E-state index in [-0.39, 0.29) is 0 Å².